The Balaban J connectivity index is 2.16. The van der Waals surface area contributed by atoms with Crippen molar-refractivity contribution in [2.75, 3.05) is 14.2 Å². The fraction of sp³-hybridized carbons (Fsp3) is 0.385. The second kappa shape index (κ2) is 5.81. The van der Waals surface area contributed by atoms with E-state index in [1.165, 1.54) is 14.2 Å². The molecule has 0 radical (unpaired) electrons. The van der Waals surface area contributed by atoms with Crippen molar-refractivity contribution >= 4 is 16.8 Å². The predicted molar refractivity (Wildman–Crippen MR) is 70.8 cm³/mol. The smallest absolute Gasteiger partial charge is 0.272 e. The highest BCUT2D eigenvalue weighted by atomic mass is 16.7. The summed E-state index contributed by atoms with van der Waals surface area (Å²) in [5.41, 5.74) is 1.20. The van der Waals surface area contributed by atoms with Gasteiger partial charge in [-0.05, 0) is 13.0 Å². The van der Waals surface area contributed by atoms with Crippen LogP contribution in [0.15, 0.2) is 24.3 Å². The molecule has 1 aromatic heterocycles. The molecule has 6 nitrogen and oxygen atoms in total. The molecule has 1 heterocycles. The van der Waals surface area contributed by atoms with Gasteiger partial charge < -0.3 is 14.8 Å². The minimum Gasteiger partial charge on any atom is -0.354 e. The highest BCUT2D eigenvalue weighted by Gasteiger charge is 2.21. The highest BCUT2D eigenvalue weighted by molar-refractivity contribution is 6.04. The molecule has 0 saturated heterocycles. The first-order valence-electron chi connectivity index (χ1n) is 5.97. The number of hydrogen-bond acceptors (Lipinski definition) is 4. The van der Waals surface area contributed by atoms with E-state index in [-0.39, 0.29) is 11.9 Å². The van der Waals surface area contributed by atoms with E-state index < -0.39 is 6.29 Å². The Kier molecular flexibility index (Phi) is 4.13. The van der Waals surface area contributed by atoms with E-state index in [4.69, 9.17) is 9.47 Å². The number of nitrogens with zero attached hydrogens (tertiary/aromatic N) is 1. The molecule has 6 heteroatoms. The Morgan fingerprint density at radius 3 is 2.68 bits per heavy atom. The first-order valence-corrected chi connectivity index (χ1v) is 5.97. The number of amides is 1. The van der Waals surface area contributed by atoms with E-state index in [1.807, 2.05) is 31.2 Å². The zero-order valence-electron chi connectivity index (χ0n) is 11.1. The van der Waals surface area contributed by atoms with Crippen molar-refractivity contribution in [1.82, 2.24) is 15.5 Å². The van der Waals surface area contributed by atoms with Crippen molar-refractivity contribution in [2.45, 2.75) is 19.3 Å². The Bertz CT molecular complexity index is 563. The lowest BCUT2D eigenvalue weighted by Gasteiger charge is -2.21. The Morgan fingerprint density at radius 2 is 2.00 bits per heavy atom. The fourth-order valence-electron chi connectivity index (χ4n) is 1.98. The van der Waals surface area contributed by atoms with E-state index in [0.717, 1.165) is 10.9 Å². The molecule has 0 spiro atoms. The summed E-state index contributed by atoms with van der Waals surface area (Å²) in [6.07, 6.45) is -0.492. The molecule has 1 aromatic carbocycles. The van der Waals surface area contributed by atoms with Crippen LogP contribution in [-0.4, -0.2) is 42.7 Å². The molecular weight excluding hydrogens is 246 g/mol. The molecule has 0 aliphatic carbocycles. The molecule has 1 atom stereocenters. The summed E-state index contributed by atoms with van der Waals surface area (Å²) in [7, 11) is 3.06. The minimum absolute atomic E-state index is 0.260. The summed E-state index contributed by atoms with van der Waals surface area (Å²) in [4.78, 5) is 12.2. The monoisotopic (exact) mass is 263 g/mol. The number of methoxy groups -OCH3 is 2. The number of carbonyl (C=O) groups is 1. The van der Waals surface area contributed by atoms with Gasteiger partial charge in [0.1, 0.15) is 0 Å². The number of para-hydroxylation sites is 1. The largest absolute Gasteiger partial charge is 0.354 e. The van der Waals surface area contributed by atoms with Gasteiger partial charge in [0.2, 0.25) is 0 Å². The highest BCUT2D eigenvalue weighted by Crippen LogP contribution is 2.15. The molecule has 102 valence electrons. The summed E-state index contributed by atoms with van der Waals surface area (Å²) in [6, 6.07) is 7.19. The van der Waals surface area contributed by atoms with Crippen molar-refractivity contribution in [3.8, 4) is 0 Å². The van der Waals surface area contributed by atoms with Gasteiger partial charge >= 0.3 is 0 Å². The molecule has 2 rings (SSSR count). The minimum atomic E-state index is -0.492. The van der Waals surface area contributed by atoms with Crippen LogP contribution in [0, 0.1) is 0 Å². The van der Waals surface area contributed by atoms with Crippen LogP contribution in [0.25, 0.3) is 10.9 Å². The van der Waals surface area contributed by atoms with E-state index in [9.17, 15) is 4.79 Å². The number of hydrogen-bond donors (Lipinski definition) is 2. The fourth-order valence-corrected chi connectivity index (χ4v) is 1.98. The van der Waals surface area contributed by atoms with Gasteiger partial charge in [0.15, 0.2) is 12.0 Å². The lowest BCUT2D eigenvalue weighted by atomic mass is 10.2. The van der Waals surface area contributed by atoms with Crippen LogP contribution in [0.2, 0.25) is 0 Å². The molecule has 1 amide bonds. The predicted octanol–water partition coefficient (Wildman–Crippen LogP) is 1.30. The van der Waals surface area contributed by atoms with E-state index in [0.29, 0.717) is 5.69 Å². The first-order chi connectivity index (χ1) is 9.17. The molecular formula is C13H17N3O3. The third kappa shape index (κ3) is 2.74. The maximum Gasteiger partial charge on any atom is 0.272 e. The van der Waals surface area contributed by atoms with Gasteiger partial charge in [-0.25, -0.2) is 0 Å². The molecule has 2 N–H and O–H groups in total. The normalized spacial score (nSPS) is 12.8. The van der Waals surface area contributed by atoms with Gasteiger partial charge in [-0.15, -0.1) is 0 Å². The van der Waals surface area contributed by atoms with Crippen LogP contribution in [0.4, 0.5) is 0 Å². The molecule has 0 fully saturated rings. The number of fused-ring (bicyclic) bond motifs is 1. The number of benzene rings is 1. The van der Waals surface area contributed by atoms with E-state index >= 15 is 0 Å². The number of nitrogens with one attached hydrogen (secondary N) is 2. The SMILES string of the molecule is COC(OC)C(C)NC(=O)c1n[nH]c2ccccc12. The first kappa shape index (κ1) is 13.5. The number of ether oxygens (including phenoxy) is 2. The third-order valence-corrected chi connectivity index (χ3v) is 2.92. The summed E-state index contributed by atoms with van der Waals surface area (Å²) in [5.74, 6) is -0.260. The Morgan fingerprint density at radius 1 is 1.32 bits per heavy atom. The molecule has 0 bridgehead atoms. The number of H-pyrrole nitrogens is 1. The van der Waals surface area contributed by atoms with Crippen LogP contribution in [0.5, 0.6) is 0 Å². The van der Waals surface area contributed by atoms with Gasteiger partial charge in [0.25, 0.3) is 5.91 Å². The summed E-state index contributed by atoms with van der Waals surface area (Å²) < 4.78 is 10.2. The second-order valence-electron chi connectivity index (χ2n) is 4.22. The van der Waals surface area contributed by atoms with Crippen LogP contribution in [0.1, 0.15) is 17.4 Å². The zero-order chi connectivity index (χ0) is 13.8. The molecule has 0 aliphatic rings. The zero-order valence-corrected chi connectivity index (χ0v) is 11.1. The van der Waals surface area contributed by atoms with Crippen molar-refractivity contribution in [1.29, 1.82) is 0 Å². The van der Waals surface area contributed by atoms with Gasteiger partial charge in [-0.3, -0.25) is 9.89 Å². The van der Waals surface area contributed by atoms with Gasteiger partial charge in [0.05, 0.1) is 11.6 Å². The van der Waals surface area contributed by atoms with Crippen LogP contribution in [-0.2, 0) is 9.47 Å². The number of aromatic nitrogens is 2. The van der Waals surface area contributed by atoms with E-state index in [1.54, 1.807) is 0 Å². The van der Waals surface area contributed by atoms with Gasteiger partial charge in [-0.1, -0.05) is 18.2 Å². The summed E-state index contributed by atoms with van der Waals surface area (Å²) >= 11 is 0. The topological polar surface area (TPSA) is 76.2 Å². The average Bonchev–Trinajstić information content (AvgIpc) is 2.84. The second-order valence-corrected chi connectivity index (χ2v) is 4.22. The maximum absolute atomic E-state index is 12.2. The van der Waals surface area contributed by atoms with Crippen molar-refractivity contribution in [3.05, 3.63) is 30.0 Å². The quantitative estimate of drug-likeness (QED) is 0.797. The average molecular weight is 263 g/mol. The standard InChI is InChI=1S/C13H17N3O3/c1-8(13(18-2)19-3)14-12(17)11-9-6-4-5-7-10(9)15-16-11/h4-8,13H,1-3H3,(H,14,17)(H,15,16). The van der Waals surface area contributed by atoms with Crippen molar-refractivity contribution in [3.63, 3.8) is 0 Å². The molecule has 19 heavy (non-hydrogen) atoms. The van der Waals surface area contributed by atoms with Crippen LogP contribution >= 0.6 is 0 Å². The number of rotatable bonds is 5. The number of carbonyl (C=O) groups excluding carboxylic acids is 1. The molecule has 0 saturated carbocycles. The van der Waals surface area contributed by atoms with Crippen molar-refractivity contribution < 1.29 is 14.3 Å². The lowest BCUT2D eigenvalue weighted by Crippen LogP contribution is -2.43. The summed E-state index contributed by atoms with van der Waals surface area (Å²) in [5, 5.41) is 10.5. The van der Waals surface area contributed by atoms with E-state index in [2.05, 4.69) is 15.5 Å². The molecule has 2 aromatic rings. The Labute approximate surface area is 111 Å². The number of aromatic amines is 1. The van der Waals surface area contributed by atoms with Crippen LogP contribution in [0.3, 0.4) is 0 Å². The molecule has 0 aliphatic heterocycles. The van der Waals surface area contributed by atoms with Gasteiger partial charge in [-0.2, -0.15) is 5.10 Å². The van der Waals surface area contributed by atoms with Crippen molar-refractivity contribution in [2.24, 2.45) is 0 Å². The lowest BCUT2D eigenvalue weighted by molar-refractivity contribution is -0.117. The Hall–Kier alpha value is -1.92. The third-order valence-electron chi connectivity index (χ3n) is 2.92. The maximum atomic E-state index is 12.2. The van der Waals surface area contributed by atoms with Gasteiger partial charge in [0, 0.05) is 19.6 Å². The molecule has 1 unspecified atom stereocenters. The van der Waals surface area contributed by atoms with Crippen LogP contribution < -0.4 is 5.32 Å². The summed E-state index contributed by atoms with van der Waals surface area (Å²) in [6.45, 7) is 1.81.